The van der Waals surface area contributed by atoms with Crippen LogP contribution in [0.15, 0.2) is 29.6 Å². The predicted molar refractivity (Wildman–Crippen MR) is 76.8 cm³/mol. The number of hydrogen-bond donors (Lipinski definition) is 1. The van der Waals surface area contributed by atoms with Crippen LogP contribution in [0.1, 0.15) is 19.4 Å². The van der Waals surface area contributed by atoms with Crippen LogP contribution in [0.25, 0.3) is 0 Å². The molecule has 22 heavy (non-hydrogen) atoms. The van der Waals surface area contributed by atoms with E-state index in [1.165, 1.54) is 12.3 Å². The maximum absolute atomic E-state index is 12.7. The number of hydrogen-bond acceptors (Lipinski definition) is 6. The highest BCUT2D eigenvalue weighted by Gasteiger charge is 2.14. The third-order valence-corrected chi connectivity index (χ3v) is 2.70. The minimum Gasteiger partial charge on any atom is -0.459 e. The number of carbonyl (C=O) groups is 1. The van der Waals surface area contributed by atoms with E-state index in [9.17, 15) is 9.18 Å². The molecule has 0 spiro atoms. The second-order valence-corrected chi connectivity index (χ2v) is 4.29. The summed E-state index contributed by atoms with van der Waals surface area (Å²) in [5.74, 6) is -1.27. The average molecular weight is 307 g/mol. The van der Waals surface area contributed by atoms with Gasteiger partial charge >= 0.3 is 5.97 Å². The first-order chi connectivity index (χ1) is 10.6. The Labute approximate surface area is 128 Å². The van der Waals surface area contributed by atoms with Crippen molar-refractivity contribution in [2.45, 2.75) is 20.4 Å². The zero-order valence-corrected chi connectivity index (χ0v) is 12.6. The fourth-order valence-electron chi connectivity index (χ4n) is 1.53. The topological polar surface area (TPSA) is 84.2 Å². The summed E-state index contributed by atoms with van der Waals surface area (Å²) in [6.07, 6.45) is 1.38. The van der Waals surface area contributed by atoms with E-state index in [4.69, 9.17) is 14.7 Å². The molecule has 0 aliphatic carbocycles. The van der Waals surface area contributed by atoms with E-state index in [-0.39, 0.29) is 18.8 Å². The molecule has 0 unspecified atom stereocenters. The highest BCUT2D eigenvalue weighted by atomic mass is 19.1. The largest absolute Gasteiger partial charge is 0.459 e. The Kier molecular flexibility index (Phi) is 7.57. The van der Waals surface area contributed by atoms with E-state index in [2.05, 4.69) is 10.3 Å². The van der Waals surface area contributed by atoms with E-state index in [1.54, 1.807) is 13.0 Å². The SMILES string of the molecule is CCOCCOC(=O)/C(C#N)=C(/C)NCc1ccc(F)nc1. The van der Waals surface area contributed by atoms with Gasteiger partial charge in [-0.2, -0.15) is 9.65 Å². The summed E-state index contributed by atoms with van der Waals surface area (Å²) in [4.78, 5) is 15.3. The minimum atomic E-state index is -0.704. The first kappa shape index (κ1) is 17.6. The fraction of sp³-hybridized carbons (Fsp3) is 0.400. The van der Waals surface area contributed by atoms with Gasteiger partial charge in [0.25, 0.3) is 0 Å². The molecule has 0 atom stereocenters. The molecule has 1 heterocycles. The van der Waals surface area contributed by atoms with Crippen molar-refractivity contribution in [3.8, 4) is 6.07 Å². The quantitative estimate of drug-likeness (QED) is 0.259. The predicted octanol–water partition coefficient (Wildman–Crippen LogP) is 1.69. The van der Waals surface area contributed by atoms with Gasteiger partial charge in [-0.3, -0.25) is 0 Å². The molecule has 0 aliphatic rings. The molecule has 0 saturated carbocycles. The Morgan fingerprint density at radius 2 is 2.23 bits per heavy atom. The molecule has 1 N–H and O–H groups in total. The third kappa shape index (κ3) is 5.89. The van der Waals surface area contributed by atoms with Gasteiger partial charge in [-0.1, -0.05) is 6.07 Å². The molecule has 0 aromatic carbocycles. The molecule has 0 saturated heterocycles. The lowest BCUT2D eigenvalue weighted by molar-refractivity contribution is -0.140. The zero-order valence-electron chi connectivity index (χ0n) is 12.6. The van der Waals surface area contributed by atoms with Crippen molar-refractivity contribution in [3.05, 3.63) is 41.1 Å². The molecule has 0 bridgehead atoms. The highest BCUT2D eigenvalue weighted by Crippen LogP contribution is 2.05. The number of nitriles is 1. The summed E-state index contributed by atoms with van der Waals surface area (Å²) in [6, 6.07) is 4.62. The summed E-state index contributed by atoms with van der Waals surface area (Å²) in [7, 11) is 0. The number of ether oxygens (including phenoxy) is 2. The third-order valence-electron chi connectivity index (χ3n) is 2.70. The van der Waals surface area contributed by atoms with Crippen LogP contribution in [0.2, 0.25) is 0 Å². The summed E-state index contributed by atoms with van der Waals surface area (Å²) < 4.78 is 22.7. The highest BCUT2D eigenvalue weighted by molar-refractivity contribution is 5.93. The van der Waals surface area contributed by atoms with Crippen LogP contribution in [0.4, 0.5) is 4.39 Å². The Balaban J connectivity index is 2.57. The van der Waals surface area contributed by atoms with Crippen LogP contribution in [0.3, 0.4) is 0 Å². The van der Waals surface area contributed by atoms with E-state index in [0.717, 1.165) is 5.56 Å². The standard InChI is InChI=1S/C15H18FN3O3/c1-3-21-6-7-22-15(20)13(8-17)11(2)18-9-12-4-5-14(16)19-10-12/h4-5,10,18H,3,6-7,9H2,1-2H3/b13-11-. The number of esters is 1. The van der Waals surface area contributed by atoms with Gasteiger partial charge in [-0.05, 0) is 25.5 Å². The van der Waals surface area contributed by atoms with Crippen molar-refractivity contribution in [2.24, 2.45) is 0 Å². The maximum atomic E-state index is 12.7. The van der Waals surface area contributed by atoms with Crippen molar-refractivity contribution in [2.75, 3.05) is 19.8 Å². The van der Waals surface area contributed by atoms with E-state index >= 15 is 0 Å². The van der Waals surface area contributed by atoms with Crippen molar-refractivity contribution in [3.63, 3.8) is 0 Å². The molecule has 0 fully saturated rings. The molecule has 0 aliphatic heterocycles. The Hall–Kier alpha value is -2.46. The lowest BCUT2D eigenvalue weighted by Crippen LogP contribution is -2.19. The Morgan fingerprint density at radius 3 is 2.82 bits per heavy atom. The molecule has 1 aromatic heterocycles. The molecular weight excluding hydrogens is 289 g/mol. The van der Waals surface area contributed by atoms with Crippen molar-refractivity contribution in [1.29, 1.82) is 5.26 Å². The van der Waals surface area contributed by atoms with Gasteiger partial charge in [0, 0.05) is 25.0 Å². The van der Waals surface area contributed by atoms with Crippen LogP contribution in [-0.4, -0.2) is 30.8 Å². The van der Waals surface area contributed by atoms with Crippen LogP contribution >= 0.6 is 0 Å². The molecule has 7 heteroatoms. The van der Waals surface area contributed by atoms with Crippen LogP contribution in [0.5, 0.6) is 0 Å². The molecule has 0 amide bonds. The van der Waals surface area contributed by atoms with Crippen LogP contribution in [-0.2, 0) is 20.8 Å². The second kappa shape index (κ2) is 9.47. The number of pyridine rings is 1. The van der Waals surface area contributed by atoms with Crippen molar-refractivity contribution in [1.82, 2.24) is 10.3 Å². The van der Waals surface area contributed by atoms with E-state index in [0.29, 0.717) is 18.8 Å². The van der Waals surface area contributed by atoms with Crippen LogP contribution in [0, 0.1) is 17.3 Å². The lowest BCUT2D eigenvalue weighted by atomic mass is 10.2. The fourth-order valence-corrected chi connectivity index (χ4v) is 1.53. The number of halogens is 1. The normalized spacial score (nSPS) is 11.4. The Bertz CT molecular complexity index is 564. The monoisotopic (exact) mass is 307 g/mol. The first-order valence-electron chi connectivity index (χ1n) is 6.78. The molecule has 6 nitrogen and oxygen atoms in total. The molecular formula is C15H18FN3O3. The van der Waals surface area contributed by atoms with Gasteiger partial charge in [-0.15, -0.1) is 0 Å². The number of allylic oxidation sites excluding steroid dienone is 1. The van der Waals surface area contributed by atoms with E-state index in [1.807, 2.05) is 13.0 Å². The number of rotatable bonds is 8. The number of nitrogens with zero attached hydrogens (tertiary/aromatic N) is 2. The van der Waals surface area contributed by atoms with Crippen molar-refractivity contribution >= 4 is 5.97 Å². The molecule has 118 valence electrons. The number of nitrogens with one attached hydrogen (secondary N) is 1. The number of carbonyl (C=O) groups excluding carboxylic acids is 1. The summed E-state index contributed by atoms with van der Waals surface area (Å²) in [5.41, 5.74) is 1.00. The summed E-state index contributed by atoms with van der Waals surface area (Å²) in [5, 5.41) is 12.0. The minimum absolute atomic E-state index is 0.0903. The molecule has 1 rings (SSSR count). The lowest BCUT2D eigenvalue weighted by Gasteiger charge is -2.09. The van der Waals surface area contributed by atoms with Gasteiger partial charge in [0.1, 0.15) is 12.7 Å². The summed E-state index contributed by atoms with van der Waals surface area (Å²) >= 11 is 0. The van der Waals surface area contributed by atoms with E-state index < -0.39 is 11.9 Å². The summed E-state index contributed by atoms with van der Waals surface area (Å²) in [6.45, 7) is 4.66. The molecule has 0 radical (unpaired) electrons. The van der Waals surface area contributed by atoms with Gasteiger partial charge in [0.15, 0.2) is 5.57 Å². The number of aromatic nitrogens is 1. The maximum Gasteiger partial charge on any atom is 0.350 e. The average Bonchev–Trinajstić information content (AvgIpc) is 2.52. The Morgan fingerprint density at radius 1 is 1.45 bits per heavy atom. The van der Waals surface area contributed by atoms with Gasteiger partial charge in [0.2, 0.25) is 5.95 Å². The van der Waals surface area contributed by atoms with Crippen molar-refractivity contribution < 1.29 is 18.7 Å². The van der Waals surface area contributed by atoms with Gasteiger partial charge < -0.3 is 14.8 Å². The first-order valence-corrected chi connectivity index (χ1v) is 6.78. The van der Waals surface area contributed by atoms with Crippen LogP contribution < -0.4 is 5.32 Å². The van der Waals surface area contributed by atoms with Gasteiger partial charge in [0.05, 0.1) is 6.61 Å². The smallest absolute Gasteiger partial charge is 0.350 e. The second-order valence-electron chi connectivity index (χ2n) is 4.29. The molecule has 1 aromatic rings. The zero-order chi connectivity index (χ0) is 16.4. The van der Waals surface area contributed by atoms with Gasteiger partial charge in [-0.25, -0.2) is 9.78 Å².